The van der Waals surface area contributed by atoms with Crippen LogP contribution in [0.2, 0.25) is 0 Å². The van der Waals surface area contributed by atoms with Crippen LogP contribution in [0.5, 0.6) is 0 Å². The second kappa shape index (κ2) is 7.47. The van der Waals surface area contributed by atoms with Gasteiger partial charge in [0.2, 0.25) is 11.8 Å². The predicted octanol–water partition coefficient (Wildman–Crippen LogP) is 3.51. The third-order valence-corrected chi connectivity index (χ3v) is 5.26. The minimum Gasteiger partial charge on any atom is -0.274 e. The average Bonchev–Trinajstić information content (AvgIpc) is 2.55. The predicted molar refractivity (Wildman–Crippen MR) is 93.3 cm³/mol. The molecule has 0 aromatic heterocycles. The van der Waals surface area contributed by atoms with Gasteiger partial charge in [-0.15, -0.1) is 0 Å². The summed E-state index contributed by atoms with van der Waals surface area (Å²) in [5, 5.41) is 0. The number of benzene rings is 1. The maximum Gasteiger partial charge on any atom is 0.333 e. The number of barbiturate groups is 1. The molecular formula is C18H21BrN2O3. The Kier molecular flexibility index (Phi) is 5.33. The van der Waals surface area contributed by atoms with Crippen molar-refractivity contribution in [3.8, 4) is 0 Å². The van der Waals surface area contributed by atoms with Crippen LogP contribution in [0.15, 0.2) is 28.7 Å². The molecule has 5 nitrogen and oxygen atoms in total. The van der Waals surface area contributed by atoms with Crippen LogP contribution in [-0.2, 0) is 16.0 Å². The summed E-state index contributed by atoms with van der Waals surface area (Å²) in [6.45, 7) is 0.310. The summed E-state index contributed by atoms with van der Waals surface area (Å²) >= 11 is 3.42. The third-order valence-electron chi connectivity index (χ3n) is 4.76. The molecule has 0 radical (unpaired) electrons. The Morgan fingerprint density at radius 1 is 1.04 bits per heavy atom. The summed E-state index contributed by atoms with van der Waals surface area (Å²) in [6.07, 6.45) is 5.32. The lowest BCUT2D eigenvalue weighted by atomic mass is 9.93. The molecule has 24 heavy (non-hydrogen) atoms. The first-order valence-corrected chi connectivity index (χ1v) is 9.26. The fourth-order valence-electron chi connectivity index (χ4n) is 3.51. The molecule has 1 aliphatic carbocycles. The van der Waals surface area contributed by atoms with E-state index in [0.717, 1.165) is 42.1 Å². The van der Waals surface area contributed by atoms with E-state index in [0.29, 0.717) is 13.0 Å². The number of carbonyl (C=O) groups excluding carboxylic acids is 3. The van der Waals surface area contributed by atoms with Gasteiger partial charge in [0.1, 0.15) is 6.42 Å². The highest BCUT2D eigenvalue weighted by molar-refractivity contribution is 9.10. The van der Waals surface area contributed by atoms with Crippen LogP contribution in [0, 0.1) is 0 Å². The fraction of sp³-hybridized carbons (Fsp3) is 0.500. The Morgan fingerprint density at radius 3 is 2.50 bits per heavy atom. The van der Waals surface area contributed by atoms with Crippen molar-refractivity contribution in [3.63, 3.8) is 0 Å². The van der Waals surface area contributed by atoms with Gasteiger partial charge in [-0.3, -0.25) is 19.4 Å². The molecule has 4 amide bonds. The SMILES string of the molecule is O=C1CC(=O)N(C2CCCCC2)C(=O)N1CCc1cccc(Br)c1. The fourth-order valence-corrected chi connectivity index (χ4v) is 3.95. The van der Waals surface area contributed by atoms with Crippen LogP contribution in [0.3, 0.4) is 0 Å². The summed E-state index contributed by atoms with van der Waals surface area (Å²) in [6, 6.07) is 7.33. The van der Waals surface area contributed by atoms with Gasteiger partial charge in [-0.1, -0.05) is 47.3 Å². The molecule has 0 spiro atoms. The first-order chi connectivity index (χ1) is 11.6. The summed E-state index contributed by atoms with van der Waals surface area (Å²) < 4.78 is 0.968. The second-order valence-electron chi connectivity index (χ2n) is 6.44. The van der Waals surface area contributed by atoms with E-state index in [9.17, 15) is 14.4 Å². The topological polar surface area (TPSA) is 57.7 Å². The average molecular weight is 393 g/mol. The normalized spacial score (nSPS) is 20.0. The van der Waals surface area contributed by atoms with Crippen molar-refractivity contribution in [3.05, 3.63) is 34.3 Å². The van der Waals surface area contributed by atoms with Crippen LogP contribution in [0.25, 0.3) is 0 Å². The third kappa shape index (κ3) is 3.69. The number of nitrogens with zero attached hydrogens (tertiary/aromatic N) is 2. The van der Waals surface area contributed by atoms with Gasteiger partial charge in [-0.25, -0.2) is 4.79 Å². The van der Waals surface area contributed by atoms with Crippen LogP contribution in [0.1, 0.15) is 44.1 Å². The van der Waals surface area contributed by atoms with Gasteiger partial charge < -0.3 is 0 Å². The van der Waals surface area contributed by atoms with E-state index < -0.39 is 6.03 Å². The molecule has 2 aliphatic rings. The van der Waals surface area contributed by atoms with Crippen LogP contribution in [0.4, 0.5) is 4.79 Å². The van der Waals surface area contributed by atoms with Crippen molar-refractivity contribution >= 4 is 33.8 Å². The van der Waals surface area contributed by atoms with Crippen molar-refractivity contribution in [2.75, 3.05) is 6.54 Å². The van der Waals surface area contributed by atoms with E-state index in [1.165, 1.54) is 9.80 Å². The molecule has 2 fully saturated rings. The molecule has 1 aliphatic heterocycles. The van der Waals surface area contributed by atoms with E-state index in [1.54, 1.807) is 0 Å². The van der Waals surface area contributed by atoms with E-state index in [4.69, 9.17) is 0 Å². The molecule has 0 bridgehead atoms. The number of rotatable bonds is 4. The minimum absolute atomic E-state index is 0.0415. The zero-order chi connectivity index (χ0) is 17.1. The molecule has 0 atom stereocenters. The number of urea groups is 1. The Bertz CT molecular complexity index is 655. The van der Waals surface area contributed by atoms with E-state index in [1.807, 2.05) is 24.3 Å². The smallest absolute Gasteiger partial charge is 0.274 e. The minimum atomic E-state index is -0.432. The zero-order valence-electron chi connectivity index (χ0n) is 13.5. The highest BCUT2D eigenvalue weighted by Crippen LogP contribution is 2.26. The van der Waals surface area contributed by atoms with Crippen LogP contribution < -0.4 is 0 Å². The number of imide groups is 2. The quantitative estimate of drug-likeness (QED) is 0.736. The highest BCUT2D eigenvalue weighted by Gasteiger charge is 2.41. The molecule has 1 saturated carbocycles. The van der Waals surface area contributed by atoms with Crippen LogP contribution >= 0.6 is 15.9 Å². The number of hydrogen-bond donors (Lipinski definition) is 0. The molecular weight excluding hydrogens is 372 g/mol. The molecule has 1 aromatic rings. The first kappa shape index (κ1) is 17.1. The van der Waals surface area contributed by atoms with E-state index >= 15 is 0 Å². The lowest BCUT2D eigenvalue weighted by Crippen LogP contribution is -2.58. The van der Waals surface area contributed by atoms with Crippen molar-refractivity contribution < 1.29 is 14.4 Å². The lowest BCUT2D eigenvalue weighted by Gasteiger charge is -2.39. The van der Waals surface area contributed by atoms with Gasteiger partial charge in [0.15, 0.2) is 0 Å². The molecule has 0 N–H and O–H groups in total. The maximum atomic E-state index is 12.7. The summed E-state index contributed by atoms with van der Waals surface area (Å²) in [4.78, 5) is 39.7. The summed E-state index contributed by atoms with van der Waals surface area (Å²) in [7, 11) is 0. The van der Waals surface area contributed by atoms with Crippen molar-refractivity contribution in [2.45, 2.75) is 51.0 Å². The molecule has 6 heteroatoms. The van der Waals surface area contributed by atoms with Crippen molar-refractivity contribution in [2.24, 2.45) is 0 Å². The van der Waals surface area contributed by atoms with E-state index in [2.05, 4.69) is 15.9 Å². The van der Waals surface area contributed by atoms with Gasteiger partial charge in [0, 0.05) is 17.1 Å². The molecule has 1 heterocycles. The summed E-state index contributed by atoms with van der Waals surface area (Å²) in [5.74, 6) is -0.720. The van der Waals surface area contributed by atoms with Gasteiger partial charge in [-0.05, 0) is 37.0 Å². The molecule has 3 rings (SSSR count). The van der Waals surface area contributed by atoms with Crippen LogP contribution in [-0.4, -0.2) is 40.2 Å². The molecule has 1 saturated heterocycles. The first-order valence-electron chi connectivity index (χ1n) is 8.47. The highest BCUT2D eigenvalue weighted by atomic mass is 79.9. The Morgan fingerprint density at radius 2 is 1.79 bits per heavy atom. The Labute approximate surface area is 150 Å². The van der Waals surface area contributed by atoms with Gasteiger partial charge in [0.25, 0.3) is 0 Å². The number of amides is 4. The van der Waals surface area contributed by atoms with Gasteiger partial charge >= 0.3 is 6.03 Å². The number of hydrogen-bond acceptors (Lipinski definition) is 3. The number of carbonyl (C=O) groups is 3. The second-order valence-corrected chi connectivity index (χ2v) is 7.36. The molecule has 128 valence electrons. The van der Waals surface area contributed by atoms with Gasteiger partial charge in [0.05, 0.1) is 0 Å². The molecule has 1 aromatic carbocycles. The van der Waals surface area contributed by atoms with Crippen molar-refractivity contribution in [1.82, 2.24) is 9.80 Å². The van der Waals surface area contributed by atoms with E-state index in [-0.39, 0.29) is 24.3 Å². The Balaban J connectivity index is 1.70. The lowest BCUT2D eigenvalue weighted by molar-refractivity contribution is -0.144. The standard InChI is InChI=1S/C18H21BrN2O3/c19-14-6-4-5-13(11-14)9-10-20-16(22)12-17(23)21(18(20)24)15-7-2-1-3-8-15/h4-6,11,15H,1-3,7-10,12H2. The number of halogens is 1. The van der Waals surface area contributed by atoms with Crippen molar-refractivity contribution in [1.29, 1.82) is 0 Å². The maximum absolute atomic E-state index is 12.7. The Hall–Kier alpha value is -1.69. The monoisotopic (exact) mass is 392 g/mol. The largest absolute Gasteiger partial charge is 0.333 e. The zero-order valence-corrected chi connectivity index (χ0v) is 15.1. The van der Waals surface area contributed by atoms with Gasteiger partial charge in [-0.2, -0.15) is 0 Å². The summed E-state index contributed by atoms with van der Waals surface area (Å²) in [5.41, 5.74) is 1.05. The molecule has 0 unspecified atom stereocenters.